The Morgan fingerprint density at radius 3 is 2.27 bits per heavy atom. The van der Waals surface area contributed by atoms with Crippen molar-refractivity contribution in [1.29, 1.82) is 0 Å². The minimum Gasteiger partial charge on any atom is -0.355 e. The summed E-state index contributed by atoms with van der Waals surface area (Å²) >= 11 is 0. The topological polar surface area (TPSA) is 29.1 Å². The van der Waals surface area contributed by atoms with Crippen LogP contribution in [-0.2, 0) is 4.79 Å². The molecule has 0 aliphatic heterocycles. The molecule has 0 fully saturated rings. The van der Waals surface area contributed by atoms with E-state index in [1.54, 1.807) is 0 Å². The summed E-state index contributed by atoms with van der Waals surface area (Å²) in [5.74, 6) is 0. The molecule has 0 unspecified atom stereocenters. The Morgan fingerprint density at radius 1 is 0.933 bits per heavy atom. The predicted octanol–water partition coefficient (Wildman–Crippen LogP) is 3.43. The Balaban J connectivity index is 2.97. The molecule has 15 heavy (non-hydrogen) atoms. The number of hydrogen-bond donors (Lipinski definition) is 1. The van der Waals surface area contributed by atoms with E-state index in [0.29, 0.717) is 6.54 Å². The van der Waals surface area contributed by atoms with Crippen molar-refractivity contribution in [3.05, 3.63) is 12.2 Å². The highest BCUT2D eigenvalue weighted by atomic mass is 16.1. The molecular formula is C13H25NO. The second kappa shape index (κ2) is 13.2. The molecule has 0 heterocycles. The van der Waals surface area contributed by atoms with Crippen LogP contribution in [0.5, 0.6) is 0 Å². The number of hydrogen-bond acceptors (Lipinski definition) is 1. The third-order valence-electron chi connectivity index (χ3n) is 2.46. The fourth-order valence-electron chi connectivity index (χ4n) is 1.54. The van der Waals surface area contributed by atoms with Gasteiger partial charge in [0.25, 0.3) is 0 Å². The Morgan fingerprint density at radius 2 is 1.60 bits per heavy atom. The third-order valence-corrected chi connectivity index (χ3v) is 2.46. The van der Waals surface area contributed by atoms with Gasteiger partial charge >= 0.3 is 0 Å². The summed E-state index contributed by atoms with van der Waals surface area (Å²) in [4.78, 5) is 9.92. The van der Waals surface area contributed by atoms with E-state index in [-0.39, 0.29) is 0 Å². The lowest BCUT2D eigenvalue weighted by Crippen LogP contribution is -2.09. The van der Waals surface area contributed by atoms with Gasteiger partial charge in [-0.05, 0) is 12.8 Å². The van der Waals surface area contributed by atoms with Gasteiger partial charge in [-0.15, -0.1) is 0 Å². The first-order valence-corrected chi connectivity index (χ1v) is 6.23. The number of allylic oxidation sites excluding steroid dienone is 1. The molecule has 2 heteroatoms. The van der Waals surface area contributed by atoms with E-state index in [4.69, 9.17) is 0 Å². The molecule has 0 saturated carbocycles. The van der Waals surface area contributed by atoms with Gasteiger partial charge in [0.15, 0.2) is 0 Å². The smallest absolute Gasteiger partial charge is 0.207 e. The predicted molar refractivity (Wildman–Crippen MR) is 65.8 cm³/mol. The van der Waals surface area contributed by atoms with E-state index >= 15 is 0 Å². The lowest BCUT2D eigenvalue weighted by Gasteiger charge is -1.98. The molecule has 0 atom stereocenters. The maximum Gasteiger partial charge on any atom is 0.207 e. The van der Waals surface area contributed by atoms with E-state index in [0.717, 1.165) is 12.8 Å². The van der Waals surface area contributed by atoms with Crippen molar-refractivity contribution < 1.29 is 4.79 Å². The van der Waals surface area contributed by atoms with Crippen molar-refractivity contribution in [2.75, 3.05) is 6.54 Å². The van der Waals surface area contributed by atoms with E-state index < -0.39 is 0 Å². The standard InChI is InChI=1S/C13H25NO/c1-2-3-4-5-6-7-8-9-10-11-12-14-13-15/h10-11,13H,2-9,12H2,1H3,(H,14,15)/b11-10+. The van der Waals surface area contributed by atoms with E-state index in [2.05, 4.69) is 18.3 Å². The van der Waals surface area contributed by atoms with Crippen LogP contribution in [0.3, 0.4) is 0 Å². The Bertz CT molecular complexity index is 155. The van der Waals surface area contributed by atoms with Crippen molar-refractivity contribution in [1.82, 2.24) is 5.32 Å². The first-order valence-electron chi connectivity index (χ1n) is 6.23. The average molecular weight is 211 g/mol. The number of nitrogens with one attached hydrogen (secondary N) is 1. The van der Waals surface area contributed by atoms with Crippen molar-refractivity contribution in [2.24, 2.45) is 0 Å². The van der Waals surface area contributed by atoms with Gasteiger partial charge < -0.3 is 5.32 Å². The summed E-state index contributed by atoms with van der Waals surface area (Å²) in [6.45, 7) is 2.91. The molecule has 0 aromatic carbocycles. The third kappa shape index (κ3) is 13.2. The van der Waals surface area contributed by atoms with Crippen LogP contribution in [-0.4, -0.2) is 13.0 Å². The van der Waals surface area contributed by atoms with Crippen molar-refractivity contribution >= 4 is 6.41 Å². The SMILES string of the molecule is CCCCCCCCC/C=C/CNC=O. The fourth-order valence-corrected chi connectivity index (χ4v) is 1.54. The fraction of sp³-hybridized carbons (Fsp3) is 0.769. The molecule has 0 spiro atoms. The minimum absolute atomic E-state index is 0.667. The minimum atomic E-state index is 0.667. The van der Waals surface area contributed by atoms with Gasteiger partial charge in [0.2, 0.25) is 6.41 Å². The average Bonchev–Trinajstić information content (AvgIpc) is 2.26. The van der Waals surface area contributed by atoms with E-state index in [9.17, 15) is 4.79 Å². The highest BCUT2D eigenvalue weighted by molar-refractivity contribution is 5.46. The normalized spacial score (nSPS) is 10.7. The van der Waals surface area contributed by atoms with Crippen LogP contribution >= 0.6 is 0 Å². The molecule has 1 N–H and O–H groups in total. The zero-order chi connectivity index (χ0) is 11.2. The molecule has 0 bridgehead atoms. The van der Waals surface area contributed by atoms with Crippen LogP contribution in [0.4, 0.5) is 0 Å². The van der Waals surface area contributed by atoms with Gasteiger partial charge in [-0.1, -0.05) is 57.6 Å². The first kappa shape index (κ1) is 14.2. The maximum absolute atomic E-state index is 9.92. The molecule has 0 aromatic rings. The molecule has 0 aliphatic carbocycles. The number of carbonyl (C=O) groups is 1. The molecule has 0 aromatic heterocycles. The summed E-state index contributed by atoms with van der Waals surface area (Å²) in [5, 5.41) is 2.61. The number of unbranched alkanes of at least 4 members (excludes halogenated alkanes) is 7. The molecule has 0 aliphatic rings. The molecular weight excluding hydrogens is 186 g/mol. The number of amides is 1. The highest BCUT2D eigenvalue weighted by Gasteiger charge is 1.88. The number of carbonyl (C=O) groups excluding carboxylic acids is 1. The van der Waals surface area contributed by atoms with Gasteiger partial charge in [-0.25, -0.2) is 0 Å². The first-order chi connectivity index (χ1) is 7.41. The lowest BCUT2D eigenvalue weighted by molar-refractivity contribution is -0.109. The Labute approximate surface area is 94.1 Å². The maximum atomic E-state index is 9.92. The van der Waals surface area contributed by atoms with Crippen molar-refractivity contribution in [2.45, 2.75) is 58.3 Å². The quantitative estimate of drug-likeness (QED) is 0.317. The van der Waals surface area contributed by atoms with Crippen LogP contribution in [0.1, 0.15) is 58.3 Å². The number of rotatable bonds is 11. The van der Waals surface area contributed by atoms with Gasteiger partial charge in [-0.2, -0.15) is 0 Å². The largest absolute Gasteiger partial charge is 0.355 e. The summed E-state index contributed by atoms with van der Waals surface area (Å²) in [5.41, 5.74) is 0. The molecule has 1 amide bonds. The summed E-state index contributed by atoms with van der Waals surface area (Å²) < 4.78 is 0. The molecule has 0 saturated heterocycles. The molecule has 88 valence electrons. The van der Waals surface area contributed by atoms with Crippen molar-refractivity contribution in [3.8, 4) is 0 Å². The van der Waals surface area contributed by atoms with Gasteiger partial charge in [0.05, 0.1) is 0 Å². The van der Waals surface area contributed by atoms with Crippen LogP contribution in [0, 0.1) is 0 Å². The Hall–Kier alpha value is -0.790. The van der Waals surface area contributed by atoms with E-state index in [1.165, 1.54) is 44.9 Å². The molecule has 2 nitrogen and oxygen atoms in total. The second-order valence-electron chi connectivity index (χ2n) is 3.91. The zero-order valence-corrected chi connectivity index (χ0v) is 10.0. The molecule has 0 radical (unpaired) electrons. The highest BCUT2D eigenvalue weighted by Crippen LogP contribution is 2.08. The van der Waals surface area contributed by atoms with Crippen LogP contribution in [0.15, 0.2) is 12.2 Å². The summed E-state index contributed by atoms with van der Waals surface area (Å²) in [7, 11) is 0. The van der Waals surface area contributed by atoms with E-state index in [1.807, 2.05) is 6.08 Å². The second-order valence-corrected chi connectivity index (χ2v) is 3.91. The van der Waals surface area contributed by atoms with Gasteiger partial charge in [-0.3, -0.25) is 4.79 Å². The molecule has 0 rings (SSSR count). The van der Waals surface area contributed by atoms with Crippen molar-refractivity contribution in [3.63, 3.8) is 0 Å². The van der Waals surface area contributed by atoms with Crippen LogP contribution in [0.25, 0.3) is 0 Å². The lowest BCUT2D eigenvalue weighted by atomic mass is 10.1. The summed E-state index contributed by atoms with van der Waals surface area (Å²) in [6.07, 6.45) is 15.6. The van der Waals surface area contributed by atoms with Crippen LogP contribution < -0.4 is 5.32 Å². The zero-order valence-electron chi connectivity index (χ0n) is 10.0. The van der Waals surface area contributed by atoms with Crippen LogP contribution in [0.2, 0.25) is 0 Å². The monoisotopic (exact) mass is 211 g/mol. The summed E-state index contributed by atoms with van der Waals surface area (Å²) in [6, 6.07) is 0. The Kier molecular flexibility index (Phi) is 12.5. The van der Waals surface area contributed by atoms with Gasteiger partial charge in [0, 0.05) is 6.54 Å². The van der Waals surface area contributed by atoms with Gasteiger partial charge in [0.1, 0.15) is 0 Å².